The lowest BCUT2D eigenvalue weighted by molar-refractivity contribution is 0.225. The molecule has 4 rings (SSSR count). The van der Waals surface area contributed by atoms with E-state index in [0.29, 0.717) is 5.02 Å². The SMILES string of the molecule is Clc1ccccc1OC1CCN(c2nc3ccccc3[nH]2)C1. The number of ether oxygens (including phenoxy) is 1. The van der Waals surface area contributed by atoms with Crippen LogP contribution in [-0.4, -0.2) is 29.2 Å². The van der Waals surface area contributed by atoms with Gasteiger partial charge in [0.2, 0.25) is 5.95 Å². The molecule has 4 nitrogen and oxygen atoms in total. The van der Waals surface area contributed by atoms with Gasteiger partial charge in [0.15, 0.2) is 0 Å². The topological polar surface area (TPSA) is 41.1 Å². The minimum atomic E-state index is 0.133. The maximum absolute atomic E-state index is 6.15. The lowest BCUT2D eigenvalue weighted by Gasteiger charge is -2.16. The second kappa shape index (κ2) is 5.54. The lowest BCUT2D eigenvalue weighted by atomic mass is 10.3. The summed E-state index contributed by atoms with van der Waals surface area (Å²) < 4.78 is 6.02. The summed E-state index contributed by atoms with van der Waals surface area (Å²) in [6, 6.07) is 15.7. The summed E-state index contributed by atoms with van der Waals surface area (Å²) in [5, 5.41) is 0.657. The van der Waals surface area contributed by atoms with Crippen LogP contribution in [0.5, 0.6) is 5.75 Å². The third-order valence-corrected chi connectivity index (χ3v) is 4.26. The zero-order valence-corrected chi connectivity index (χ0v) is 12.8. The highest BCUT2D eigenvalue weighted by molar-refractivity contribution is 6.32. The standard InChI is InChI=1S/C17H16ClN3O/c18-13-5-1-4-8-16(13)22-12-9-10-21(11-12)17-19-14-6-2-3-7-15(14)20-17/h1-8,12H,9-11H2,(H,19,20). The molecule has 0 saturated carbocycles. The highest BCUT2D eigenvalue weighted by atomic mass is 35.5. The van der Waals surface area contributed by atoms with Crippen molar-refractivity contribution in [3.05, 3.63) is 53.6 Å². The number of aromatic amines is 1. The van der Waals surface area contributed by atoms with Crippen LogP contribution in [0.3, 0.4) is 0 Å². The third kappa shape index (κ3) is 2.50. The summed E-state index contributed by atoms with van der Waals surface area (Å²) in [5.74, 6) is 1.66. The number of halogens is 1. The van der Waals surface area contributed by atoms with Crippen LogP contribution in [-0.2, 0) is 0 Å². The molecule has 5 heteroatoms. The van der Waals surface area contributed by atoms with Crippen LogP contribution in [0.2, 0.25) is 5.02 Å². The average molecular weight is 314 g/mol. The Kier molecular flexibility index (Phi) is 3.39. The minimum Gasteiger partial charge on any atom is -0.487 e. The number of nitrogens with one attached hydrogen (secondary N) is 1. The van der Waals surface area contributed by atoms with Gasteiger partial charge in [-0.3, -0.25) is 0 Å². The lowest BCUT2D eigenvalue weighted by Crippen LogP contribution is -2.25. The quantitative estimate of drug-likeness (QED) is 0.798. The Morgan fingerprint density at radius 3 is 2.82 bits per heavy atom. The summed E-state index contributed by atoms with van der Waals surface area (Å²) in [6.07, 6.45) is 1.09. The molecular formula is C17H16ClN3O. The van der Waals surface area contributed by atoms with Crippen molar-refractivity contribution < 1.29 is 4.74 Å². The zero-order valence-electron chi connectivity index (χ0n) is 12.0. The van der Waals surface area contributed by atoms with E-state index in [9.17, 15) is 0 Å². The van der Waals surface area contributed by atoms with Crippen molar-refractivity contribution in [2.45, 2.75) is 12.5 Å². The predicted molar refractivity (Wildman–Crippen MR) is 88.8 cm³/mol. The molecule has 1 fully saturated rings. The number of benzene rings is 2. The summed E-state index contributed by atoms with van der Waals surface area (Å²) in [6.45, 7) is 1.74. The third-order valence-electron chi connectivity index (χ3n) is 3.95. The molecule has 0 radical (unpaired) electrons. The van der Waals surface area contributed by atoms with Gasteiger partial charge in [-0.15, -0.1) is 0 Å². The van der Waals surface area contributed by atoms with Crippen molar-refractivity contribution in [3.8, 4) is 5.75 Å². The van der Waals surface area contributed by atoms with E-state index in [-0.39, 0.29) is 6.10 Å². The largest absolute Gasteiger partial charge is 0.487 e. The van der Waals surface area contributed by atoms with Crippen molar-refractivity contribution in [1.82, 2.24) is 9.97 Å². The van der Waals surface area contributed by atoms with Gasteiger partial charge in [0, 0.05) is 13.0 Å². The molecule has 1 N–H and O–H groups in total. The monoisotopic (exact) mass is 313 g/mol. The molecule has 1 unspecified atom stereocenters. The normalized spacial score (nSPS) is 18.0. The van der Waals surface area contributed by atoms with Gasteiger partial charge in [0.25, 0.3) is 0 Å². The Morgan fingerprint density at radius 2 is 1.95 bits per heavy atom. The molecule has 1 saturated heterocycles. The van der Waals surface area contributed by atoms with Gasteiger partial charge in [0.05, 0.1) is 22.6 Å². The van der Waals surface area contributed by atoms with E-state index in [4.69, 9.17) is 16.3 Å². The van der Waals surface area contributed by atoms with E-state index in [1.807, 2.05) is 48.5 Å². The van der Waals surface area contributed by atoms with Crippen LogP contribution >= 0.6 is 11.6 Å². The summed E-state index contributed by atoms with van der Waals surface area (Å²) in [4.78, 5) is 10.2. The molecule has 1 aliphatic rings. The van der Waals surface area contributed by atoms with Gasteiger partial charge >= 0.3 is 0 Å². The fourth-order valence-electron chi connectivity index (χ4n) is 2.83. The molecule has 1 aromatic heterocycles. The Bertz CT molecular complexity index is 768. The van der Waals surface area contributed by atoms with Crippen LogP contribution in [0, 0.1) is 0 Å². The fraction of sp³-hybridized carbons (Fsp3) is 0.235. The van der Waals surface area contributed by atoms with Gasteiger partial charge in [-0.1, -0.05) is 35.9 Å². The van der Waals surface area contributed by atoms with Gasteiger partial charge in [-0.2, -0.15) is 0 Å². The molecular weight excluding hydrogens is 298 g/mol. The first-order chi connectivity index (χ1) is 10.8. The molecule has 22 heavy (non-hydrogen) atoms. The smallest absolute Gasteiger partial charge is 0.203 e. The number of imidazole rings is 1. The van der Waals surface area contributed by atoms with E-state index in [0.717, 1.165) is 42.2 Å². The highest BCUT2D eigenvalue weighted by Crippen LogP contribution is 2.28. The van der Waals surface area contributed by atoms with Crippen molar-refractivity contribution in [2.75, 3.05) is 18.0 Å². The van der Waals surface area contributed by atoms with Crippen LogP contribution < -0.4 is 9.64 Å². The molecule has 2 heterocycles. The first-order valence-corrected chi connectivity index (χ1v) is 7.78. The van der Waals surface area contributed by atoms with Gasteiger partial charge in [0.1, 0.15) is 11.9 Å². The van der Waals surface area contributed by atoms with Gasteiger partial charge in [-0.25, -0.2) is 4.98 Å². The number of nitrogens with zero attached hydrogens (tertiary/aromatic N) is 2. The predicted octanol–water partition coefficient (Wildman–Crippen LogP) is 3.87. The maximum Gasteiger partial charge on any atom is 0.203 e. The number of fused-ring (bicyclic) bond motifs is 1. The molecule has 0 amide bonds. The zero-order chi connectivity index (χ0) is 14.9. The van der Waals surface area contributed by atoms with Crippen molar-refractivity contribution >= 4 is 28.6 Å². The molecule has 2 aromatic carbocycles. The number of hydrogen-bond donors (Lipinski definition) is 1. The first kappa shape index (κ1) is 13.5. The number of aromatic nitrogens is 2. The van der Waals surface area contributed by atoms with E-state index < -0.39 is 0 Å². The Balaban J connectivity index is 1.49. The van der Waals surface area contributed by atoms with E-state index in [1.165, 1.54) is 0 Å². The van der Waals surface area contributed by atoms with Crippen LogP contribution in [0.25, 0.3) is 11.0 Å². The van der Waals surface area contributed by atoms with Gasteiger partial charge < -0.3 is 14.6 Å². The highest BCUT2D eigenvalue weighted by Gasteiger charge is 2.26. The molecule has 0 bridgehead atoms. The van der Waals surface area contributed by atoms with Gasteiger partial charge in [-0.05, 0) is 24.3 Å². The number of rotatable bonds is 3. The van der Waals surface area contributed by atoms with Crippen molar-refractivity contribution in [1.29, 1.82) is 0 Å². The number of anilines is 1. The van der Waals surface area contributed by atoms with E-state index >= 15 is 0 Å². The number of hydrogen-bond acceptors (Lipinski definition) is 3. The summed E-state index contributed by atoms with van der Waals surface area (Å²) in [5.41, 5.74) is 2.06. The van der Waals surface area contributed by atoms with Crippen LogP contribution in [0.15, 0.2) is 48.5 Å². The molecule has 3 aromatic rings. The Labute approximate surface area is 133 Å². The average Bonchev–Trinajstić information content (AvgIpc) is 3.15. The molecule has 1 atom stereocenters. The Morgan fingerprint density at radius 1 is 1.14 bits per heavy atom. The van der Waals surface area contributed by atoms with E-state index in [1.54, 1.807) is 0 Å². The molecule has 1 aliphatic heterocycles. The minimum absolute atomic E-state index is 0.133. The van der Waals surface area contributed by atoms with Crippen LogP contribution in [0.4, 0.5) is 5.95 Å². The second-order valence-electron chi connectivity index (χ2n) is 5.48. The maximum atomic E-state index is 6.15. The molecule has 0 aliphatic carbocycles. The number of H-pyrrole nitrogens is 1. The molecule has 112 valence electrons. The fourth-order valence-corrected chi connectivity index (χ4v) is 3.01. The van der Waals surface area contributed by atoms with Crippen molar-refractivity contribution in [3.63, 3.8) is 0 Å². The van der Waals surface area contributed by atoms with E-state index in [2.05, 4.69) is 14.9 Å². The summed E-state index contributed by atoms with van der Waals surface area (Å²) >= 11 is 6.15. The Hall–Kier alpha value is -2.20. The van der Waals surface area contributed by atoms with Crippen LogP contribution in [0.1, 0.15) is 6.42 Å². The second-order valence-corrected chi connectivity index (χ2v) is 5.89. The number of para-hydroxylation sites is 3. The first-order valence-electron chi connectivity index (χ1n) is 7.40. The molecule has 0 spiro atoms. The van der Waals surface area contributed by atoms with Crippen molar-refractivity contribution in [2.24, 2.45) is 0 Å². The summed E-state index contributed by atoms with van der Waals surface area (Å²) in [7, 11) is 0.